The SMILES string of the molecule is CC(C)c1cc(-c2[c-]ccc3c2oc2ccccc23)nc(N(c2ccccc2)c2cccc(Oc3[c-]cccc3)n2)c1.[Pt+2]. The number of benzene rings is 4. The quantitative estimate of drug-likeness (QED) is 0.152. The van der Waals surface area contributed by atoms with Gasteiger partial charge in [0.25, 0.3) is 0 Å². The van der Waals surface area contributed by atoms with Crippen LogP contribution >= 0.6 is 0 Å². The molecule has 43 heavy (non-hydrogen) atoms. The molecule has 0 N–H and O–H groups in total. The van der Waals surface area contributed by atoms with Gasteiger partial charge in [-0.05, 0) is 47.5 Å². The summed E-state index contributed by atoms with van der Waals surface area (Å²) in [6, 6.07) is 46.2. The summed E-state index contributed by atoms with van der Waals surface area (Å²) in [6.45, 7) is 4.37. The third kappa shape index (κ3) is 5.69. The molecule has 7 aromatic rings. The molecular weight excluding hydrogens is 714 g/mol. The van der Waals surface area contributed by atoms with Crippen molar-refractivity contribution in [2.75, 3.05) is 4.90 Å². The third-order valence-corrected chi connectivity index (χ3v) is 7.17. The van der Waals surface area contributed by atoms with E-state index in [0.29, 0.717) is 17.4 Å². The molecule has 0 fully saturated rings. The Labute approximate surface area is 265 Å². The number of pyridine rings is 2. The monoisotopic (exact) mass is 740 g/mol. The van der Waals surface area contributed by atoms with Crippen LogP contribution in [0.15, 0.2) is 126 Å². The molecule has 0 spiro atoms. The number of furan rings is 1. The van der Waals surface area contributed by atoms with E-state index in [1.54, 1.807) is 0 Å². The molecule has 0 aliphatic rings. The second-order valence-corrected chi connectivity index (χ2v) is 10.3. The number of fused-ring (bicyclic) bond motifs is 3. The molecule has 0 aliphatic heterocycles. The normalized spacial score (nSPS) is 11.0. The van der Waals surface area contributed by atoms with Crippen LogP contribution in [0.2, 0.25) is 0 Å². The Morgan fingerprint density at radius 2 is 1.53 bits per heavy atom. The van der Waals surface area contributed by atoms with Crippen LogP contribution in [0, 0.1) is 12.1 Å². The predicted octanol–water partition coefficient (Wildman–Crippen LogP) is 10.0. The topological polar surface area (TPSA) is 51.4 Å². The number of nitrogens with zero attached hydrogens (tertiary/aromatic N) is 3. The van der Waals surface area contributed by atoms with Gasteiger partial charge in [0.05, 0.1) is 5.58 Å². The summed E-state index contributed by atoms with van der Waals surface area (Å²) in [6.07, 6.45) is 0. The molecule has 5 nitrogen and oxygen atoms in total. The average Bonchev–Trinajstić information content (AvgIpc) is 3.41. The van der Waals surface area contributed by atoms with Crippen molar-refractivity contribution in [3.8, 4) is 22.9 Å². The zero-order valence-corrected chi connectivity index (χ0v) is 25.9. The Kier molecular flexibility index (Phi) is 8.09. The van der Waals surface area contributed by atoms with Gasteiger partial charge in [0.1, 0.15) is 17.2 Å². The minimum Gasteiger partial charge on any atom is -0.501 e. The van der Waals surface area contributed by atoms with Crippen LogP contribution in [0.5, 0.6) is 11.6 Å². The van der Waals surface area contributed by atoms with Crippen molar-refractivity contribution in [1.82, 2.24) is 9.97 Å². The molecule has 6 heteroatoms. The summed E-state index contributed by atoms with van der Waals surface area (Å²) in [5.41, 5.74) is 5.30. The van der Waals surface area contributed by atoms with Crippen LogP contribution in [-0.2, 0) is 21.1 Å². The van der Waals surface area contributed by atoms with Crippen molar-refractivity contribution < 1.29 is 30.2 Å². The molecule has 0 saturated carbocycles. The summed E-state index contributed by atoms with van der Waals surface area (Å²) in [5.74, 6) is 2.75. The van der Waals surface area contributed by atoms with E-state index in [0.717, 1.165) is 50.3 Å². The number of rotatable bonds is 7. The molecule has 0 radical (unpaired) electrons. The zero-order valence-electron chi connectivity index (χ0n) is 23.6. The van der Waals surface area contributed by atoms with E-state index in [1.807, 2.05) is 91.0 Å². The number of hydrogen-bond acceptors (Lipinski definition) is 5. The molecule has 0 aliphatic carbocycles. The fraction of sp³-hybridized carbons (Fsp3) is 0.0811. The van der Waals surface area contributed by atoms with Gasteiger partial charge in [-0.2, -0.15) is 23.2 Å². The number of hydrogen-bond donors (Lipinski definition) is 0. The second kappa shape index (κ2) is 12.2. The van der Waals surface area contributed by atoms with Crippen LogP contribution in [0.25, 0.3) is 33.2 Å². The van der Waals surface area contributed by atoms with Crippen molar-refractivity contribution >= 4 is 39.3 Å². The smallest absolute Gasteiger partial charge is 0.501 e. The Bertz CT molecular complexity index is 2010. The summed E-state index contributed by atoms with van der Waals surface area (Å²) in [5, 5.41) is 2.12. The molecule has 0 atom stereocenters. The van der Waals surface area contributed by atoms with Crippen molar-refractivity contribution in [3.63, 3.8) is 0 Å². The molecule has 4 aromatic carbocycles. The zero-order chi connectivity index (χ0) is 28.5. The maximum Gasteiger partial charge on any atom is 2.00 e. The molecule has 3 aromatic heterocycles. The van der Waals surface area contributed by atoms with E-state index in [4.69, 9.17) is 19.1 Å². The van der Waals surface area contributed by atoms with E-state index < -0.39 is 0 Å². The van der Waals surface area contributed by atoms with Crippen molar-refractivity contribution in [3.05, 3.63) is 139 Å². The minimum absolute atomic E-state index is 0. The van der Waals surface area contributed by atoms with Crippen molar-refractivity contribution in [2.45, 2.75) is 19.8 Å². The van der Waals surface area contributed by atoms with Gasteiger partial charge in [-0.25, -0.2) is 0 Å². The first-order valence-electron chi connectivity index (χ1n) is 13.9. The fourth-order valence-corrected chi connectivity index (χ4v) is 5.09. The van der Waals surface area contributed by atoms with E-state index in [2.05, 4.69) is 61.2 Å². The van der Waals surface area contributed by atoms with Gasteiger partial charge in [0.15, 0.2) is 0 Å². The Hall–Kier alpha value is -4.73. The molecule has 0 saturated heterocycles. The maximum atomic E-state index is 6.36. The van der Waals surface area contributed by atoms with E-state index in [9.17, 15) is 0 Å². The Morgan fingerprint density at radius 1 is 0.721 bits per heavy atom. The van der Waals surface area contributed by atoms with Gasteiger partial charge in [0, 0.05) is 22.9 Å². The van der Waals surface area contributed by atoms with Crippen LogP contribution in [0.3, 0.4) is 0 Å². The standard InChI is InChI=1S/C37H27N3O2.Pt/c1-25(2)26-23-32(31-19-11-18-30-29-17-9-10-20-33(29)42-37(30)31)38-35(24-26)40(27-13-5-3-6-14-27)34-21-12-22-36(39-34)41-28-15-7-4-8-16-28;/h3-15,17-18,20-25H,1-2H3;/q-2;+2. The van der Waals surface area contributed by atoms with Crippen LogP contribution in [0.4, 0.5) is 17.3 Å². The Morgan fingerprint density at radius 3 is 2.35 bits per heavy atom. The van der Waals surface area contributed by atoms with E-state index in [-0.39, 0.29) is 27.0 Å². The molecular formula is C37H27N3O2Pt. The van der Waals surface area contributed by atoms with E-state index >= 15 is 0 Å². The predicted molar refractivity (Wildman–Crippen MR) is 168 cm³/mol. The van der Waals surface area contributed by atoms with Gasteiger partial charge in [0.2, 0.25) is 5.88 Å². The number of para-hydroxylation sites is 3. The van der Waals surface area contributed by atoms with Gasteiger partial charge in [-0.3, -0.25) is 9.88 Å². The van der Waals surface area contributed by atoms with Crippen molar-refractivity contribution in [2.24, 2.45) is 0 Å². The number of aromatic nitrogens is 2. The van der Waals surface area contributed by atoms with Gasteiger partial charge in [-0.1, -0.05) is 73.3 Å². The molecule has 3 heterocycles. The van der Waals surface area contributed by atoms with Crippen LogP contribution in [-0.4, -0.2) is 9.97 Å². The molecule has 0 amide bonds. The van der Waals surface area contributed by atoms with Gasteiger partial charge < -0.3 is 9.15 Å². The van der Waals surface area contributed by atoms with Gasteiger partial charge >= 0.3 is 21.1 Å². The maximum absolute atomic E-state index is 6.36. The molecule has 0 unspecified atom stereocenters. The summed E-state index contributed by atoms with van der Waals surface area (Å²) >= 11 is 0. The first kappa shape index (κ1) is 28.4. The van der Waals surface area contributed by atoms with Crippen LogP contribution in [0.1, 0.15) is 25.3 Å². The molecule has 0 bridgehead atoms. The summed E-state index contributed by atoms with van der Waals surface area (Å²) in [7, 11) is 0. The number of ether oxygens (including phenoxy) is 1. The van der Waals surface area contributed by atoms with Gasteiger partial charge in [-0.15, -0.1) is 30.3 Å². The van der Waals surface area contributed by atoms with Crippen LogP contribution < -0.4 is 9.64 Å². The average molecular weight is 741 g/mol. The fourth-order valence-electron chi connectivity index (χ4n) is 5.09. The summed E-state index contributed by atoms with van der Waals surface area (Å²) in [4.78, 5) is 12.2. The van der Waals surface area contributed by atoms with Crippen molar-refractivity contribution in [1.29, 1.82) is 0 Å². The summed E-state index contributed by atoms with van der Waals surface area (Å²) < 4.78 is 12.4. The molecule has 212 valence electrons. The number of anilines is 3. The molecule has 7 rings (SSSR count). The second-order valence-electron chi connectivity index (χ2n) is 10.3. The third-order valence-electron chi connectivity index (χ3n) is 7.17. The first-order chi connectivity index (χ1) is 20.6. The largest absolute Gasteiger partial charge is 2.00 e. The first-order valence-corrected chi connectivity index (χ1v) is 13.9. The minimum atomic E-state index is 0. The van der Waals surface area contributed by atoms with E-state index in [1.165, 1.54) is 0 Å². The Balaban J connectivity index is 0.00000329.